The normalized spacial score (nSPS) is 11.4. The Morgan fingerprint density at radius 1 is 0.968 bits per heavy atom. The highest BCUT2D eigenvalue weighted by atomic mass is 32.2. The van der Waals surface area contributed by atoms with Crippen LogP contribution in [0, 0.1) is 0 Å². The van der Waals surface area contributed by atoms with E-state index in [-0.39, 0.29) is 4.90 Å². The lowest BCUT2D eigenvalue weighted by molar-refractivity contribution is 0.415. The summed E-state index contributed by atoms with van der Waals surface area (Å²) in [5.74, 6) is 1.54. The topological polar surface area (TPSA) is 122 Å². The molecule has 0 aliphatic heterocycles. The van der Waals surface area contributed by atoms with E-state index in [2.05, 4.69) is 20.6 Å². The Labute approximate surface area is 182 Å². The van der Waals surface area contributed by atoms with Crippen molar-refractivity contribution < 1.29 is 13.2 Å². The van der Waals surface area contributed by atoms with E-state index < -0.39 is 10.0 Å². The zero-order chi connectivity index (χ0) is 22.4. The number of nitrogen functional groups attached to an aromatic ring is 1. The Hall–Kier alpha value is -3.37. The van der Waals surface area contributed by atoms with E-state index in [0.717, 1.165) is 5.69 Å². The Morgan fingerprint density at radius 3 is 2.16 bits per heavy atom. The van der Waals surface area contributed by atoms with Gasteiger partial charge in [0.05, 0.1) is 12.0 Å². The van der Waals surface area contributed by atoms with Crippen molar-refractivity contribution in [1.82, 2.24) is 14.3 Å². The Kier molecular flexibility index (Phi) is 6.93. The maximum atomic E-state index is 12.6. The highest BCUT2D eigenvalue weighted by Crippen LogP contribution is 2.29. The van der Waals surface area contributed by atoms with Gasteiger partial charge < -0.3 is 21.1 Å². The molecule has 0 saturated carbocycles. The van der Waals surface area contributed by atoms with Crippen LogP contribution in [0.2, 0.25) is 0 Å². The quantitative estimate of drug-likeness (QED) is 0.459. The first-order valence-electron chi connectivity index (χ1n) is 9.77. The Bertz CT molecular complexity index is 1130. The van der Waals surface area contributed by atoms with Crippen molar-refractivity contribution in [2.75, 3.05) is 36.6 Å². The van der Waals surface area contributed by atoms with Crippen LogP contribution in [0.1, 0.15) is 13.8 Å². The standard InChI is InChI=1S/C21H26N6O3S/c1-4-27(5-2)31(28,29)18-11-9-15(10-12-18)25-20-19(22)21(24-14-23-20)26-16-7-6-8-17(13-16)30-3/h6-14H,4-5,22H2,1-3H3,(H2,23,24,25,26). The molecule has 0 aliphatic rings. The summed E-state index contributed by atoms with van der Waals surface area (Å²) in [6.07, 6.45) is 1.39. The van der Waals surface area contributed by atoms with Crippen molar-refractivity contribution in [2.24, 2.45) is 0 Å². The van der Waals surface area contributed by atoms with E-state index in [1.807, 2.05) is 38.1 Å². The fraction of sp³-hybridized carbons (Fsp3) is 0.238. The molecule has 3 rings (SSSR count). The number of nitrogens with two attached hydrogens (primary N) is 1. The minimum atomic E-state index is -3.51. The third-order valence-electron chi connectivity index (χ3n) is 4.68. The number of anilines is 5. The molecule has 1 aromatic heterocycles. The lowest BCUT2D eigenvalue weighted by Crippen LogP contribution is -2.30. The lowest BCUT2D eigenvalue weighted by atomic mass is 10.3. The minimum absolute atomic E-state index is 0.234. The second-order valence-electron chi connectivity index (χ2n) is 6.58. The van der Waals surface area contributed by atoms with Gasteiger partial charge in [-0.1, -0.05) is 19.9 Å². The zero-order valence-electron chi connectivity index (χ0n) is 17.7. The van der Waals surface area contributed by atoms with Crippen LogP contribution in [0.25, 0.3) is 0 Å². The van der Waals surface area contributed by atoms with Crippen LogP contribution in [-0.4, -0.2) is 42.9 Å². The molecule has 2 aromatic carbocycles. The van der Waals surface area contributed by atoms with Crippen molar-refractivity contribution in [1.29, 1.82) is 0 Å². The second-order valence-corrected chi connectivity index (χ2v) is 8.52. The van der Waals surface area contributed by atoms with Gasteiger partial charge in [0, 0.05) is 30.5 Å². The van der Waals surface area contributed by atoms with Crippen LogP contribution >= 0.6 is 0 Å². The summed E-state index contributed by atoms with van der Waals surface area (Å²) < 4.78 is 31.9. The molecule has 9 nitrogen and oxygen atoms in total. The van der Waals surface area contributed by atoms with Crippen LogP contribution in [0.5, 0.6) is 5.75 Å². The van der Waals surface area contributed by atoms with E-state index in [9.17, 15) is 8.42 Å². The third-order valence-corrected chi connectivity index (χ3v) is 6.74. The number of hydrogen-bond donors (Lipinski definition) is 3. The van der Waals surface area contributed by atoms with Gasteiger partial charge in [0.25, 0.3) is 0 Å². The molecule has 10 heteroatoms. The second kappa shape index (κ2) is 9.63. The molecule has 0 saturated heterocycles. The first-order valence-corrected chi connectivity index (χ1v) is 11.2. The number of ether oxygens (including phenoxy) is 1. The predicted octanol–water partition coefficient (Wildman–Crippen LogP) is 3.59. The first-order chi connectivity index (χ1) is 14.9. The molecule has 31 heavy (non-hydrogen) atoms. The van der Waals surface area contributed by atoms with Gasteiger partial charge in [-0.15, -0.1) is 0 Å². The van der Waals surface area contributed by atoms with E-state index >= 15 is 0 Å². The van der Waals surface area contributed by atoms with Crippen LogP contribution in [0.4, 0.5) is 28.7 Å². The average Bonchev–Trinajstić information content (AvgIpc) is 2.77. The highest BCUT2D eigenvalue weighted by molar-refractivity contribution is 7.89. The average molecular weight is 443 g/mol. The van der Waals surface area contributed by atoms with Gasteiger partial charge in [-0.2, -0.15) is 4.31 Å². The summed E-state index contributed by atoms with van der Waals surface area (Å²) in [5, 5.41) is 6.25. The van der Waals surface area contributed by atoms with Crippen molar-refractivity contribution in [3.05, 3.63) is 54.9 Å². The van der Waals surface area contributed by atoms with Crippen molar-refractivity contribution in [3.63, 3.8) is 0 Å². The number of benzene rings is 2. The number of nitrogens with one attached hydrogen (secondary N) is 2. The van der Waals surface area contributed by atoms with Gasteiger partial charge in [-0.05, 0) is 36.4 Å². The SMILES string of the molecule is CCN(CC)S(=O)(=O)c1ccc(Nc2ncnc(Nc3cccc(OC)c3)c2N)cc1. The monoisotopic (exact) mass is 442 g/mol. The Morgan fingerprint density at radius 2 is 1.58 bits per heavy atom. The van der Waals surface area contributed by atoms with Gasteiger partial charge in [0.15, 0.2) is 11.6 Å². The van der Waals surface area contributed by atoms with Gasteiger partial charge in [0.1, 0.15) is 17.8 Å². The molecule has 0 atom stereocenters. The third kappa shape index (κ3) is 5.04. The Balaban J connectivity index is 1.79. The van der Waals surface area contributed by atoms with E-state index in [4.69, 9.17) is 10.5 Å². The summed E-state index contributed by atoms with van der Waals surface area (Å²) in [4.78, 5) is 8.63. The van der Waals surface area contributed by atoms with Crippen LogP contribution in [0.15, 0.2) is 59.8 Å². The van der Waals surface area contributed by atoms with Crippen LogP contribution in [0.3, 0.4) is 0 Å². The lowest BCUT2D eigenvalue weighted by Gasteiger charge is -2.18. The molecule has 0 bridgehead atoms. The summed E-state index contributed by atoms with van der Waals surface area (Å²) in [6, 6.07) is 13.8. The predicted molar refractivity (Wildman–Crippen MR) is 123 cm³/mol. The maximum Gasteiger partial charge on any atom is 0.243 e. The summed E-state index contributed by atoms with van der Waals surface area (Å²) in [7, 11) is -1.92. The van der Waals surface area contributed by atoms with Crippen LogP contribution in [-0.2, 0) is 10.0 Å². The number of methoxy groups -OCH3 is 1. The van der Waals surface area contributed by atoms with Gasteiger partial charge in [-0.25, -0.2) is 18.4 Å². The molecule has 3 aromatic rings. The summed E-state index contributed by atoms with van der Waals surface area (Å²) >= 11 is 0. The minimum Gasteiger partial charge on any atom is -0.497 e. The zero-order valence-corrected chi connectivity index (χ0v) is 18.5. The molecule has 0 unspecified atom stereocenters. The molecule has 0 spiro atoms. The molecule has 0 aliphatic carbocycles. The molecule has 0 radical (unpaired) electrons. The first kappa shape index (κ1) is 22.3. The van der Waals surface area contributed by atoms with E-state index in [1.54, 1.807) is 31.4 Å². The fourth-order valence-corrected chi connectivity index (χ4v) is 4.45. The van der Waals surface area contributed by atoms with Crippen molar-refractivity contribution >= 4 is 38.7 Å². The highest BCUT2D eigenvalue weighted by Gasteiger charge is 2.21. The van der Waals surface area contributed by atoms with E-state index in [0.29, 0.717) is 41.8 Å². The fourth-order valence-electron chi connectivity index (χ4n) is 2.99. The maximum absolute atomic E-state index is 12.6. The number of rotatable bonds is 9. The van der Waals surface area contributed by atoms with Gasteiger partial charge in [0.2, 0.25) is 10.0 Å². The number of hydrogen-bond acceptors (Lipinski definition) is 8. The molecule has 4 N–H and O–H groups in total. The summed E-state index contributed by atoms with van der Waals surface area (Å²) in [6.45, 7) is 4.46. The molecule has 0 amide bonds. The molecule has 1 heterocycles. The molecule has 164 valence electrons. The molecule has 0 fully saturated rings. The van der Waals surface area contributed by atoms with Crippen LogP contribution < -0.4 is 21.1 Å². The van der Waals surface area contributed by atoms with E-state index in [1.165, 1.54) is 10.6 Å². The molecular weight excluding hydrogens is 416 g/mol. The smallest absolute Gasteiger partial charge is 0.243 e. The van der Waals surface area contributed by atoms with Gasteiger partial charge >= 0.3 is 0 Å². The summed E-state index contributed by atoms with van der Waals surface area (Å²) in [5.41, 5.74) is 7.98. The van der Waals surface area contributed by atoms with Crippen molar-refractivity contribution in [3.8, 4) is 5.75 Å². The number of sulfonamides is 1. The number of aromatic nitrogens is 2. The molecular formula is C21H26N6O3S. The number of nitrogens with zero attached hydrogens (tertiary/aromatic N) is 3. The largest absolute Gasteiger partial charge is 0.497 e. The van der Waals surface area contributed by atoms with Gasteiger partial charge in [-0.3, -0.25) is 0 Å². The van der Waals surface area contributed by atoms with Crippen molar-refractivity contribution in [2.45, 2.75) is 18.7 Å².